The SMILES string of the molecule is N#Cc1ccc(OCCN2CCN(C(=O)C3CCCC3)CC2)cc1. The molecule has 1 saturated heterocycles. The van der Waals surface area contributed by atoms with Crippen LogP contribution < -0.4 is 4.74 Å². The summed E-state index contributed by atoms with van der Waals surface area (Å²) in [5, 5.41) is 8.78. The lowest BCUT2D eigenvalue weighted by Gasteiger charge is -2.35. The molecule has 0 N–H and O–H groups in total. The van der Waals surface area contributed by atoms with Crippen molar-refractivity contribution in [1.82, 2.24) is 9.80 Å². The first-order valence-electron chi connectivity index (χ1n) is 8.90. The molecule has 128 valence electrons. The van der Waals surface area contributed by atoms with Gasteiger partial charge in [-0.1, -0.05) is 12.8 Å². The fraction of sp³-hybridized carbons (Fsp3) is 0.579. The summed E-state index contributed by atoms with van der Waals surface area (Å²) in [5.41, 5.74) is 0.644. The van der Waals surface area contributed by atoms with E-state index in [2.05, 4.69) is 11.0 Å². The Hall–Kier alpha value is -2.06. The predicted octanol–water partition coefficient (Wildman–Crippen LogP) is 2.27. The summed E-state index contributed by atoms with van der Waals surface area (Å²) in [6.45, 7) is 5.02. The Morgan fingerprint density at radius 3 is 2.42 bits per heavy atom. The number of piperazine rings is 1. The molecule has 1 aromatic rings. The van der Waals surface area contributed by atoms with Gasteiger partial charge in [0, 0.05) is 38.6 Å². The summed E-state index contributed by atoms with van der Waals surface area (Å²) in [6.07, 6.45) is 4.58. The van der Waals surface area contributed by atoms with Gasteiger partial charge in [0.05, 0.1) is 11.6 Å². The van der Waals surface area contributed by atoms with Crippen molar-refractivity contribution in [3.05, 3.63) is 29.8 Å². The molecule has 0 radical (unpaired) electrons. The number of benzene rings is 1. The Bertz CT molecular complexity index is 580. The van der Waals surface area contributed by atoms with Gasteiger partial charge >= 0.3 is 0 Å². The number of carbonyl (C=O) groups is 1. The van der Waals surface area contributed by atoms with Crippen molar-refractivity contribution in [1.29, 1.82) is 5.26 Å². The zero-order valence-electron chi connectivity index (χ0n) is 14.1. The normalized spacial score (nSPS) is 19.2. The van der Waals surface area contributed by atoms with Crippen LogP contribution >= 0.6 is 0 Å². The standard InChI is InChI=1S/C19H25N3O2/c20-15-16-5-7-18(8-6-16)24-14-13-21-9-11-22(12-10-21)19(23)17-3-1-2-4-17/h5-8,17H,1-4,9-14H2. The van der Waals surface area contributed by atoms with Crippen LogP contribution in [0, 0.1) is 17.2 Å². The van der Waals surface area contributed by atoms with E-state index in [0.29, 0.717) is 18.1 Å². The van der Waals surface area contributed by atoms with E-state index >= 15 is 0 Å². The third-order valence-electron chi connectivity index (χ3n) is 5.05. The topological polar surface area (TPSA) is 56.6 Å². The Morgan fingerprint density at radius 1 is 1.12 bits per heavy atom. The molecule has 5 nitrogen and oxygen atoms in total. The summed E-state index contributed by atoms with van der Waals surface area (Å²) >= 11 is 0. The Kier molecular flexibility index (Phi) is 5.71. The van der Waals surface area contributed by atoms with Crippen molar-refractivity contribution < 1.29 is 9.53 Å². The van der Waals surface area contributed by atoms with Gasteiger partial charge in [0.25, 0.3) is 0 Å². The van der Waals surface area contributed by atoms with Gasteiger partial charge in [-0.15, -0.1) is 0 Å². The second-order valence-corrected chi connectivity index (χ2v) is 6.63. The smallest absolute Gasteiger partial charge is 0.225 e. The number of carbonyl (C=O) groups excluding carboxylic acids is 1. The van der Waals surface area contributed by atoms with Crippen LogP contribution in [0.15, 0.2) is 24.3 Å². The van der Waals surface area contributed by atoms with Crippen molar-refractivity contribution in [3.8, 4) is 11.8 Å². The van der Waals surface area contributed by atoms with Gasteiger partial charge in [-0.05, 0) is 37.1 Å². The first-order chi connectivity index (χ1) is 11.8. The number of hydrogen-bond donors (Lipinski definition) is 0. The van der Waals surface area contributed by atoms with Crippen LogP contribution in [0.2, 0.25) is 0 Å². The number of hydrogen-bond acceptors (Lipinski definition) is 4. The lowest BCUT2D eigenvalue weighted by atomic mass is 10.1. The molecule has 1 aromatic carbocycles. The second kappa shape index (κ2) is 8.16. The molecule has 1 amide bonds. The highest BCUT2D eigenvalue weighted by Gasteiger charge is 2.29. The Morgan fingerprint density at radius 2 is 1.79 bits per heavy atom. The summed E-state index contributed by atoms with van der Waals surface area (Å²) in [5.74, 6) is 1.46. The minimum atomic E-state index is 0.288. The van der Waals surface area contributed by atoms with Gasteiger partial charge in [0.2, 0.25) is 5.91 Å². The largest absolute Gasteiger partial charge is 0.492 e. The zero-order valence-corrected chi connectivity index (χ0v) is 14.1. The van der Waals surface area contributed by atoms with E-state index in [9.17, 15) is 4.79 Å². The molecule has 0 bridgehead atoms. The molecule has 5 heteroatoms. The van der Waals surface area contributed by atoms with Gasteiger partial charge < -0.3 is 9.64 Å². The molecule has 1 aliphatic heterocycles. The third kappa shape index (κ3) is 4.27. The highest BCUT2D eigenvalue weighted by Crippen LogP contribution is 2.26. The Labute approximate surface area is 143 Å². The number of amides is 1. The van der Waals surface area contributed by atoms with E-state index in [1.165, 1.54) is 12.8 Å². The lowest BCUT2D eigenvalue weighted by molar-refractivity contribution is -0.137. The van der Waals surface area contributed by atoms with Crippen LogP contribution in [0.5, 0.6) is 5.75 Å². The van der Waals surface area contributed by atoms with E-state index in [1.54, 1.807) is 12.1 Å². The Balaban J connectivity index is 1.36. The van der Waals surface area contributed by atoms with Crippen molar-refractivity contribution in [2.24, 2.45) is 5.92 Å². The minimum Gasteiger partial charge on any atom is -0.492 e. The number of nitriles is 1. The molecular formula is C19H25N3O2. The van der Waals surface area contributed by atoms with Gasteiger partial charge in [0.1, 0.15) is 12.4 Å². The molecule has 2 fully saturated rings. The molecule has 1 aliphatic carbocycles. The molecule has 2 aliphatic rings. The second-order valence-electron chi connectivity index (χ2n) is 6.63. The van der Waals surface area contributed by atoms with Crippen molar-refractivity contribution in [2.75, 3.05) is 39.3 Å². The summed E-state index contributed by atoms with van der Waals surface area (Å²) in [6, 6.07) is 9.29. The third-order valence-corrected chi connectivity index (χ3v) is 5.05. The summed E-state index contributed by atoms with van der Waals surface area (Å²) < 4.78 is 5.73. The number of nitrogens with zero attached hydrogens (tertiary/aromatic N) is 3. The van der Waals surface area contributed by atoms with E-state index in [1.807, 2.05) is 17.0 Å². The van der Waals surface area contributed by atoms with Crippen LogP contribution in [0.25, 0.3) is 0 Å². The first kappa shape index (κ1) is 16.8. The molecule has 3 rings (SSSR count). The lowest BCUT2D eigenvalue weighted by Crippen LogP contribution is -2.50. The van der Waals surface area contributed by atoms with Gasteiger partial charge in [-0.25, -0.2) is 0 Å². The molecule has 0 spiro atoms. The molecule has 0 unspecified atom stereocenters. The average molecular weight is 327 g/mol. The average Bonchev–Trinajstić information content (AvgIpc) is 3.17. The molecule has 0 atom stereocenters. The molecule has 0 aromatic heterocycles. The summed E-state index contributed by atoms with van der Waals surface area (Å²) in [4.78, 5) is 16.8. The predicted molar refractivity (Wildman–Crippen MR) is 91.6 cm³/mol. The van der Waals surface area contributed by atoms with Crippen molar-refractivity contribution >= 4 is 5.91 Å². The van der Waals surface area contributed by atoms with Crippen LogP contribution in [0.3, 0.4) is 0 Å². The first-order valence-corrected chi connectivity index (χ1v) is 8.90. The highest BCUT2D eigenvalue weighted by molar-refractivity contribution is 5.79. The van der Waals surface area contributed by atoms with E-state index in [-0.39, 0.29) is 5.92 Å². The minimum absolute atomic E-state index is 0.288. The van der Waals surface area contributed by atoms with Crippen LogP contribution in [-0.4, -0.2) is 55.0 Å². The van der Waals surface area contributed by atoms with Crippen LogP contribution in [-0.2, 0) is 4.79 Å². The van der Waals surface area contributed by atoms with Gasteiger partial charge in [-0.3, -0.25) is 9.69 Å². The van der Waals surface area contributed by atoms with Crippen LogP contribution in [0.1, 0.15) is 31.2 Å². The fourth-order valence-electron chi connectivity index (χ4n) is 3.54. The maximum Gasteiger partial charge on any atom is 0.225 e. The van der Waals surface area contributed by atoms with Gasteiger partial charge in [-0.2, -0.15) is 5.26 Å². The van der Waals surface area contributed by atoms with E-state index < -0.39 is 0 Å². The van der Waals surface area contributed by atoms with Crippen molar-refractivity contribution in [3.63, 3.8) is 0 Å². The number of rotatable bonds is 5. The maximum atomic E-state index is 12.4. The maximum absolute atomic E-state index is 12.4. The zero-order chi connectivity index (χ0) is 16.8. The quantitative estimate of drug-likeness (QED) is 0.832. The fourth-order valence-corrected chi connectivity index (χ4v) is 3.54. The summed E-state index contributed by atoms with van der Waals surface area (Å²) in [7, 11) is 0. The van der Waals surface area contributed by atoms with Crippen molar-refractivity contribution in [2.45, 2.75) is 25.7 Å². The molecular weight excluding hydrogens is 302 g/mol. The molecule has 24 heavy (non-hydrogen) atoms. The van der Waals surface area contributed by atoms with E-state index in [4.69, 9.17) is 10.00 Å². The number of ether oxygens (including phenoxy) is 1. The monoisotopic (exact) mass is 327 g/mol. The molecule has 1 heterocycles. The van der Waals surface area contributed by atoms with Gasteiger partial charge in [0.15, 0.2) is 0 Å². The molecule has 1 saturated carbocycles. The van der Waals surface area contributed by atoms with Crippen LogP contribution in [0.4, 0.5) is 0 Å². The van der Waals surface area contributed by atoms with E-state index in [0.717, 1.165) is 51.3 Å². The highest BCUT2D eigenvalue weighted by atomic mass is 16.5.